The van der Waals surface area contributed by atoms with Crippen molar-refractivity contribution in [3.05, 3.63) is 51.9 Å². The Hall–Kier alpha value is -0.960. The SMILES string of the molecule is Cn1c2c3cccc(F)c3nc-2c(I)c2ccccc21.I. The third kappa shape index (κ3) is 2.04. The summed E-state index contributed by atoms with van der Waals surface area (Å²) < 4.78 is 17.1. The van der Waals surface area contributed by atoms with Crippen molar-refractivity contribution in [2.24, 2.45) is 7.05 Å². The Morgan fingerprint density at radius 1 is 1.05 bits per heavy atom. The van der Waals surface area contributed by atoms with Crippen LogP contribution in [0.1, 0.15) is 0 Å². The molecule has 0 amide bonds. The highest BCUT2D eigenvalue weighted by Gasteiger charge is 2.21. The summed E-state index contributed by atoms with van der Waals surface area (Å²) >= 11 is 2.30. The Morgan fingerprint density at radius 2 is 1.76 bits per heavy atom. The highest BCUT2D eigenvalue weighted by molar-refractivity contribution is 14.1. The van der Waals surface area contributed by atoms with Crippen LogP contribution in [0.5, 0.6) is 0 Å². The quantitative estimate of drug-likeness (QED) is 0.302. The van der Waals surface area contributed by atoms with E-state index in [1.54, 1.807) is 6.07 Å². The van der Waals surface area contributed by atoms with Crippen LogP contribution < -0.4 is 0 Å². The Morgan fingerprint density at radius 3 is 2.57 bits per heavy atom. The summed E-state index contributed by atoms with van der Waals surface area (Å²) in [6.07, 6.45) is 0. The summed E-state index contributed by atoms with van der Waals surface area (Å²) in [6.45, 7) is 0. The fraction of sp³-hybridized carbons (Fsp3) is 0.0625. The van der Waals surface area contributed by atoms with Crippen LogP contribution in [-0.2, 0) is 7.05 Å². The second-order valence-electron chi connectivity index (χ2n) is 4.84. The van der Waals surface area contributed by atoms with Crippen LogP contribution in [-0.4, -0.2) is 9.55 Å². The number of fused-ring (bicyclic) bond motifs is 4. The summed E-state index contributed by atoms with van der Waals surface area (Å²) in [6, 6.07) is 13.3. The molecular formula is C16H11FI2N2. The van der Waals surface area contributed by atoms with E-state index in [1.165, 1.54) is 6.07 Å². The molecule has 2 heterocycles. The van der Waals surface area contributed by atoms with Gasteiger partial charge in [-0.2, -0.15) is 0 Å². The summed E-state index contributed by atoms with van der Waals surface area (Å²) in [5.41, 5.74) is 3.43. The van der Waals surface area contributed by atoms with Gasteiger partial charge in [0.15, 0.2) is 0 Å². The van der Waals surface area contributed by atoms with Crippen molar-refractivity contribution in [1.29, 1.82) is 0 Å². The van der Waals surface area contributed by atoms with Gasteiger partial charge in [0.05, 0.1) is 9.26 Å². The van der Waals surface area contributed by atoms with Gasteiger partial charge in [-0.05, 0) is 34.7 Å². The van der Waals surface area contributed by atoms with E-state index in [4.69, 9.17) is 0 Å². The van der Waals surface area contributed by atoms with E-state index in [2.05, 4.69) is 44.3 Å². The largest absolute Gasteiger partial charge is 0.342 e. The number of aryl methyl sites for hydroxylation is 1. The Balaban J connectivity index is 0.00000132. The van der Waals surface area contributed by atoms with Crippen LogP contribution >= 0.6 is 46.6 Å². The molecule has 0 aromatic heterocycles. The lowest BCUT2D eigenvalue weighted by atomic mass is 10.1. The maximum absolute atomic E-state index is 14.0. The zero-order valence-corrected chi connectivity index (χ0v) is 15.6. The number of benzene rings is 2. The highest BCUT2D eigenvalue weighted by Crippen LogP contribution is 2.38. The first kappa shape index (κ1) is 15.0. The Bertz CT molecular complexity index is 946. The van der Waals surface area contributed by atoms with Gasteiger partial charge in [0.25, 0.3) is 0 Å². The van der Waals surface area contributed by atoms with Gasteiger partial charge in [0.2, 0.25) is 0 Å². The molecule has 0 spiro atoms. The van der Waals surface area contributed by atoms with Gasteiger partial charge in [-0.15, -0.1) is 24.0 Å². The van der Waals surface area contributed by atoms with Gasteiger partial charge >= 0.3 is 0 Å². The van der Waals surface area contributed by atoms with Crippen LogP contribution in [0.3, 0.4) is 0 Å². The predicted molar refractivity (Wildman–Crippen MR) is 103 cm³/mol. The van der Waals surface area contributed by atoms with Crippen molar-refractivity contribution >= 4 is 68.4 Å². The molecule has 2 aromatic carbocycles. The van der Waals surface area contributed by atoms with Gasteiger partial charge in [0.1, 0.15) is 17.0 Å². The molecule has 4 rings (SSSR count). The van der Waals surface area contributed by atoms with E-state index in [-0.39, 0.29) is 29.8 Å². The number of hydrogen-bond donors (Lipinski definition) is 0. The number of rotatable bonds is 0. The van der Waals surface area contributed by atoms with Crippen LogP contribution in [0.25, 0.3) is 33.2 Å². The first-order chi connectivity index (χ1) is 9.68. The van der Waals surface area contributed by atoms with E-state index in [0.29, 0.717) is 5.52 Å². The molecule has 0 atom stereocenters. The zero-order chi connectivity index (χ0) is 13.9. The highest BCUT2D eigenvalue weighted by atomic mass is 127. The van der Waals surface area contributed by atoms with Crippen molar-refractivity contribution in [2.75, 3.05) is 0 Å². The number of aromatic nitrogens is 2. The maximum Gasteiger partial charge on any atom is 0.149 e. The van der Waals surface area contributed by atoms with Crippen LogP contribution in [0.4, 0.5) is 4.39 Å². The second-order valence-corrected chi connectivity index (χ2v) is 5.91. The summed E-state index contributed by atoms with van der Waals surface area (Å²) in [5, 5.41) is 2.01. The molecule has 0 saturated carbocycles. The molecule has 0 N–H and O–H groups in total. The number of para-hydroxylation sites is 2. The number of halogens is 3. The van der Waals surface area contributed by atoms with Crippen LogP contribution in [0, 0.1) is 9.39 Å². The summed E-state index contributed by atoms with van der Waals surface area (Å²) in [7, 11) is 2.01. The maximum atomic E-state index is 14.0. The van der Waals surface area contributed by atoms with Crippen LogP contribution in [0.2, 0.25) is 0 Å². The minimum Gasteiger partial charge on any atom is -0.342 e. The van der Waals surface area contributed by atoms with Gasteiger partial charge in [-0.3, -0.25) is 0 Å². The van der Waals surface area contributed by atoms with Crippen LogP contribution in [0.15, 0.2) is 42.5 Å². The van der Waals surface area contributed by atoms with Crippen molar-refractivity contribution < 1.29 is 4.39 Å². The molecule has 21 heavy (non-hydrogen) atoms. The van der Waals surface area contributed by atoms with Gasteiger partial charge < -0.3 is 4.57 Å². The lowest BCUT2D eigenvalue weighted by molar-refractivity contribution is 0.637. The fourth-order valence-electron chi connectivity index (χ4n) is 2.80. The summed E-state index contributed by atoms with van der Waals surface area (Å²) in [4.78, 5) is 4.52. The van der Waals surface area contributed by atoms with Gasteiger partial charge in [-0.25, -0.2) is 9.37 Å². The van der Waals surface area contributed by atoms with Crippen molar-refractivity contribution in [1.82, 2.24) is 9.55 Å². The first-order valence-corrected chi connectivity index (χ1v) is 7.37. The molecular weight excluding hydrogens is 493 g/mol. The van der Waals surface area contributed by atoms with E-state index in [0.717, 1.165) is 31.2 Å². The van der Waals surface area contributed by atoms with Gasteiger partial charge in [0, 0.05) is 23.3 Å². The average Bonchev–Trinajstić information content (AvgIpc) is 2.86. The molecule has 2 aliphatic heterocycles. The number of pyridine rings is 1. The molecule has 0 radical (unpaired) electrons. The molecule has 0 fully saturated rings. The van der Waals surface area contributed by atoms with Crippen molar-refractivity contribution in [2.45, 2.75) is 0 Å². The third-order valence-corrected chi connectivity index (χ3v) is 4.83. The fourth-order valence-corrected chi connectivity index (χ4v) is 3.64. The minimum atomic E-state index is -0.265. The Labute approximate surface area is 151 Å². The number of hydrogen-bond acceptors (Lipinski definition) is 1. The first-order valence-electron chi connectivity index (χ1n) is 6.29. The summed E-state index contributed by atoms with van der Waals surface area (Å²) in [5.74, 6) is -0.265. The number of nitrogens with zero attached hydrogens (tertiary/aromatic N) is 2. The van der Waals surface area contributed by atoms with E-state index < -0.39 is 0 Å². The van der Waals surface area contributed by atoms with E-state index in [9.17, 15) is 4.39 Å². The average molecular weight is 504 g/mol. The molecule has 2 aromatic rings. The van der Waals surface area contributed by atoms with Crippen molar-refractivity contribution in [3.8, 4) is 11.4 Å². The molecule has 0 bridgehead atoms. The second kappa shape index (κ2) is 5.35. The molecule has 0 unspecified atom stereocenters. The molecule has 5 heteroatoms. The molecule has 106 valence electrons. The van der Waals surface area contributed by atoms with E-state index >= 15 is 0 Å². The minimum absolute atomic E-state index is 0. The topological polar surface area (TPSA) is 17.8 Å². The van der Waals surface area contributed by atoms with Crippen molar-refractivity contribution in [3.63, 3.8) is 0 Å². The zero-order valence-electron chi connectivity index (χ0n) is 11.1. The van der Waals surface area contributed by atoms with E-state index in [1.807, 2.05) is 25.2 Å². The Kier molecular flexibility index (Phi) is 3.81. The molecule has 0 saturated heterocycles. The lowest BCUT2D eigenvalue weighted by Gasteiger charge is -2.14. The lowest BCUT2D eigenvalue weighted by Crippen LogP contribution is -2.01. The van der Waals surface area contributed by atoms with Gasteiger partial charge in [-0.1, -0.05) is 30.3 Å². The molecule has 2 aliphatic rings. The normalized spacial score (nSPS) is 11.2. The predicted octanol–water partition coefficient (Wildman–Crippen LogP) is 5.19. The smallest absolute Gasteiger partial charge is 0.149 e. The monoisotopic (exact) mass is 504 g/mol. The standard InChI is InChI=1S/C16H10FIN2.HI/c1-20-12-8-3-2-5-9(12)13(18)15-16(20)10-6-4-7-11(17)14(10)19-15;/h2-8H,1H3;1H. The third-order valence-electron chi connectivity index (χ3n) is 3.74. The molecule has 0 aliphatic carbocycles. The molecule has 2 nitrogen and oxygen atoms in total.